The molecule has 0 radical (unpaired) electrons. The van der Waals surface area contributed by atoms with Crippen molar-refractivity contribution in [3.05, 3.63) is 32.4 Å². The average molecular weight is 382 g/mol. The van der Waals surface area contributed by atoms with Crippen LogP contribution in [0.15, 0.2) is 12.1 Å². The third-order valence-electron chi connectivity index (χ3n) is 6.05. The first-order valence-corrected chi connectivity index (χ1v) is 9.34. The van der Waals surface area contributed by atoms with Crippen molar-refractivity contribution in [3.63, 3.8) is 0 Å². The molecule has 1 heteroatoms. The van der Waals surface area contributed by atoms with Crippen LogP contribution in [0.25, 0.3) is 0 Å². The summed E-state index contributed by atoms with van der Waals surface area (Å²) >= 11 is 2.56. The van der Waals surface area contributed by atoms with E-state index < -0.39 is 0 Å². The predicted molar refractivity (Wildman–Crippen MR) is 95.4 cm³/mol. The van der Waals surface area contributed by atoms with Crippen LogP contribution in [0.3, 0.4) is 0 Å². The van der Waals surface area contributed by atoms with E-state index in [2.05, 4.69) is 62.4 Å². The van der Waals surface area contributed by atoms with Crippen LogP contribution in [-0.2, 0) is 11.8 Å². The molecule has 1 saturated carbocycles. The zero-order valence-electron chi connectivity index (χ0n) is 13.3. The summed E-state index contributed by atoms with van der Waals surface area (Å²) in [7, 11) is 0. The number of hydrogen-bond acceptors (Lipinski definition) is 0. The fourth-order valence-electron chi connectivity index (χ4n) is 4.87. The van der Waals surface area contributed by atoms with Crippen molar-refractivity contribution in [1.82, 2.24) is 0 Å². The highest BCUT2D eigenvalue weighted by atomic mass is 127. The van der Waals surface area contributed by atoms with Crippen molar-refractivity contribution >= 4 is 22.6 Å². The van der Waals surface area contributed by atoms with Crippen molar-refractivity contribution in [2.45, 2.75) is 71.1 Å². The molecule has 110 valence electrons. The van der Waals surface area contributed by atoms with Crippen molar-refractivity contribution in [2.75, 3.05) is 0 Å². The fourth-order valence-corrected chi connectivity index (χ4v) is 5.96. The quantitative estimate of drug-likeness (QED) is 0.519. The van der Waals surface area contributed by atoms with Gasteiger partial charge < -0.3 is 0 Å². The van der Waals surface area contributed by atoms with Gasteiger partial charge >= 0.3 is 0 Å². The highest BCUT2D eigenvalue weighted by molar-refractivity contribution is 14.1. The van der Waals surface area contributed by atoms with Crippen molar-refractivity contribution < 1.29 is 0 Å². The minimum atomic E-state index is 0.445. The van der Waals surface area contributed by atoms with Crippen LogP contribution in [0.5, 0.6) is 0 Å². The number of rotatable bonds is 1. The van der Waals surface area contributed by atoms with E-state index in [1.165, 1.54) is 35.7 Å². The van der Waals surface area contributed by atoms with E-state index in [1.807, 2.05) is 0 Å². The van der Waals surface area contributed by atoms with E-state index >= 15 is 0 Å². The maximum atomic E-state index is 2.56. The van der Waals surface area contributed by atoms with Crippen molar-refractivity contribution in [1.29, 1.82) is 0 Å². The first-order valence-electron chi connectivity index (χ1n) is 8.26. The number of aryl methyl sites for hydroxylation is 1. The summed E-state index contributed by atoms with van der Waals surface area (Å²) in [6.45, 7) is 9.68. The molecule has 0 heterocycles. The van der Waals surface area contributed by atoms with Crippen LogP contribution in [-0.4, -0.2) is 0 Å². The number of halogens is 1. The highest BCUT2D eigenvalue weighted by Gasteiger charge is 2.44. The van der Waals surface area contributed by atoms with Gasteiger partial charge in [-0.25, -0.2) is 0 Å². The van der Waals surface area contributed by atoms with Crippen LogP contribution in [0.2, 0.25) is 0 Å². The molecule has 0 saturated heterocycles. The molecule has 3 rings (SSSR count). The largest absolute Gasteiger partial charge is 0.0622 e. The van der Waals surface area contributed by atoms with Gasteiger partial charge in [-0.1, -0.05) is 46.6 Å². The predicted octanol–water partition coefficient (Wildman–Crippen LogP) is 6.05. The van der Waals surface area contributed by atoms with Crippen LogP contribution in [0.4, 0.5) is 0 Å². The van der Waals surface area contributed by atoms with Crippen molar-refractivity contribution in [2.24, 2.45) is 11.8 Å². The zero-order chi connectivity index (χ0) is 14.5. The third kappa shape index (κ3) is 2.24. The molecular formula is C19H27I. The first-order chi connectivity index (χ1) is 9.43. The number of fused-ring (bicyclic) bond motifs is 3. The maximum absolute atomic E-state index is 2.56. The van der Waals surface area contributed by atoms with Crippen molar-refractivity contribution in [3.8, 4) is 0 Å². The molecule has 3 atom stereocenters. The Bertz CT molecular complexity index is 517. The number of hydrogen-bond donors (Lipinski definition) is 0. The molecule has 1 aromatic carbocycles. The Balaban J connectivity index is 2.10. The molecule has 0 aliphatic heterocycles. The van der Waals surface area contributed by atoms with Crippen LogP contribution < -0.4 is 0 Å². The minimum absolute atomic E-state index is 0.445. The normalized spacial score (nSPS) is 32.9. The number of benzene rings is 1. The highest BCUT2D eigenvalue weighted by Crippen LogP contribution is 2.52. The second-order valence-corrected chi connectivity index (χ2v) is 8.78. The second kappa shape index (κ2) is 5.30. The topological polar surface area (TPSA) is 0 Å². The van der Waals surface area contributed by atoms with E-state index in [9.17, 15) is 0 Å². The molecule has 1 aromatic rings. The van der Waals surface area contributed by atoms with Gasteiger partial charge in [-0.15, -0.1) is 0 Å². The Hall–Kier alpha value is -0.0500. The summed E-state index contributed by atoms with van der Waals surface area (Å²) in [5.74, 6) is 2.46. The van der Waals surface area contributed by atoms with Gasteiger partial charge in [-0.2, -0.15) is 0 Å². The SMILES string of the molecule is CC(C)c1cc2c(cc1I)C1(C)CCCC(C)C1CC2. The molecule has 20 heavy (non-hydrogen) atoms. The summed E-state index contributed by atoms with van der Waals surface area (Å²) in [4.78, 5) is 0. The van der Waals surface area contributed by atoms with Gasteiger partial charge in [0.1, 0.15) is 0 Å². The lowest BCUT2D eigenvalue weighted by Crippen LogP contribution is -2.43. The van der Waals surface area contributed by atoms with E-state index in [0.29, 0.717) is 11.3 Å². The van der Waals surface area contributed by atoms with E-state index in [4.69, 9.17) is 0 Å². The molecule has 0 N–H and O–H groups in total. The summed E-state index contributed by atoms with van der Waals surface area (Å²) < 4.78 is 1.48. The molecule has 1 fully saturated rings. The van der Waals surface area contributed by atoms with Gasteiger partial charge in [-0.3, -0.25) is 0 Å². The molecule has 0 amide bonds. The maximum Gasteiger partial charge on any atom is 0.0168 e. The lowest BCUT2D eigenvalue weighted by atomic mass is 9.55. The molecular weight excluding hydrogens is 355 g/mol. The standard InChI is InChI=1S/C19H27I/c1-12(2)15-10-14-7-8-16-13(3)6-5-9-19(16,4)17(14)11-18(15)20/h10-13,16H,5-9H2,1-4H3. The summed E-state index contributed by atoms with van der Waals surface area (Å²) in [5, 5.41) is 0. The summed E-state index contributed by atoms with van der Waals surface area (Å²) in [6, 6.07) is 5.07. The monoisotopic (exact) mass is 382 g/mol. The van der Waals surface area contributed by atoms with Crippen LogP contribution in [0.1, 0.15) is 76.0 Å². The fraction of sp³-hybridized carbons (Fsp3) is 0.684. The lowest BCUT2D eigenvalue weighted by Gasteiger charge is -2.50. The molecule has 0 nitrogen and oxygen atoms in total. The van der Waals surface area contributed by atoms with E-state index in [1.54, 1.807) is 16.7 Å². The minimum Gasteiger partial charge on any atom is -0.0622 e. The van der Waals surface area contributed by atoms with Crippen LogP contribution in [0, 0.1) is 15.4 Å². The molecule has 0 bridgehead atoms. The molecule has 2 aliphatic carbocycles. The zero-order valence-corrected chi connectivity index (χ0v) is 15.5. The van der Waals surface area contributed by atoms with Crippen LogP contribution >= 0.6 is 22.6 Å². The second-order valence-electron chi connectivity index (χ2n) is 7.62. The van der Waals surface area contributed by atoms with E-state index in [-0.39, 0.29) is 0 Å². The first kappa shape index (κ1) is 14.9. The van der Waals surface area contributed by atoms with Gasteiger partial charge in [-0.05, 0) is 87.8 Å². The Kier molecular flexibility index (Phi) is 3.94. The smallest absolute Gasteiger partial charge is 0.0168 e. The van der Waals surface area contributed by atoms with E-state index in [0.717, 1.165) is 11.8 Å². The van der Waals surface area contributed by atoms with Gasteiger partial charge in [0.05, 0.1) is 0 Å². The van der Waals surface area contributed by atoms with Gasteiger partial charge in [0.2, 0.25) is 0 Å². The Morgan fingerprint density at radius 2 is 2.00 bits per heavy atom. The summed E-state index contributed by atoms with van der Waals surface area (Å²) in [6.07, 6.45) is 6.96. The molecule has 0 spiro atoms. The Labute approximate surface area is 137 Å². The average Bonchev–Trinajstić information content (AvgIpc) is 2.38. The molecule has 0 aromatic heterocycles. The third-order valence-corrected chi connectivity index (χ3v) is 6.98. The van der Waals surface area contributed by atoms with Gasteiger partial charge in [0, 0.05) is 3.57 Å². The Morgan fingerprint density at radius 3 is 2.70 bits per heavy atom. The summed E-state index contributed by atoms with van der Waals surface area (Å²) in [5.41, 5.74) is 5.34. The molecule has 3 unspecified atom stereocenters. The lowest BCUT2D eigenvalue weighted by molar-refractivity contribution is 0.117. The van der Waals surface area contributed by atoms with Gasteiger partial charge in [0.25, 0.3) is 0 Å². The molecule has 2 aliphatic rings. The Morgan fingerprint density at radius 1 is 1.25 bits per heavy atom. The van der Waals surface area contributed by atoms with Gasteiger partial charge in [0.15, 0.2) is 0 Å².